The van der Waals surface area contributed by atoms with Crippen LogP contribution in [0.25, 0.3) is 5.57 Å². The molecule has 16 heavy (non-hydrogen) atoms. The second-order valence-electron chi connectivity index (χ2n) is 3.30. The van der Waals surface area contributed by atoms with E-state index in [4.69, 9.17) is 11.5 Å². The average Bonchev–Trinajstić information content (AvgIpc) is 2.25. The van der Waals surface area contributed by atoms with Gasteiger partial charge >= 0.3 is 0 Å². The molecule has 4 N–H and O–H groups in total. The van der Waals surface area contributed by atoms with E-state index in [-0.39, 0.29) is 11.1 Å². The standard InChI is InChI=1S/C12H14N2O2/c1-2-9(11(13)15)10(12(14)16)8-6-4-3-5-7-8/h3-7H,2H2,1H3,(H2,13,15)(H2,14,16). The molecule has 0 aromatic heterocycles. The van der Waals surface area contributed by atoms with Gasteiger partial charge in [0.15, 0.2) is 0 Å². The van der Waals surface area contributed by atoms with Gasteiger partial charge in [-0.2, -0.15) is 0 Å². The Morgan fingerprint density at radius 2 is 1.62 bits per heavy atom. The van der Waals surface area contributed by atoms with Gasteiger partial charge in [0.25, 0.3) is 0 Å². The molecule has 1 rings (SSSR count). The predicted molar refractivity (Wildman–Crippen MR) is 62.0 cm³/mol. The summed E-state index contributed by atoms with van der Waals surface area (Å²) in [6.45, 7) is 1.76. The highest BCUT2D eigenvalue weighted by Crippen LogP contribution is 2.20. The molecule has 84 valence electrons. The summed E-state index contributed by atoms with van der Waals surface area (Å²) in [5.74, 6) is -1.25. The second-order valence-corrected chi connectivity index (χ2v) is 3.30. The maximum atomic E-state index is 11.4. The van der Waals surface area contributed by atoms with E-state index in [0.29, 0.717) is 12.0 Å². The molecule has 2 amide bonds. The van der Waals surface area contributed by atoms with Gasteiger partial charge in [0.1, 0.15) is 0 Å². The van der Waals surface area contributed by atoms with E-state index < -0.39 is 11.8 Å². The van der Waals surface area contributed by atoms with Crippen molar-refractivity contribution in [2.75, 3.05) is 0 Å². The van der Waals surface area contributed by atoms with Crippen LogP contribution in [0.1, 0.15) is 18.9 Å². The number of carbonyl (C=O) groups excluding carboxylic acids is 2. The summed E-state index contributed by atoms with van der Waals surface area (Å²) >= 11 is 0. The fourth-order valence-electron chi connectivity index (χ4n) is 1.54. The highest BCUT2D eigenvalue weighted by molar-refractivity contribution is 6.24. The van der Waals surface area contributed by atoms with Crippen LogP contribution in [0, 0.1) is 0 Å². The molecule has 0 fully saturated rings. The SMILES string of the molecule is CCC(C(N)=O)=C(C(N)=O)c1ccccc1. The minimum Gasteiger partial charge on any atom is -0.366 e. The largest absolute Gasteiger partial charge is 0.366 e. The molecule has 4 nitrogen and oxygen atoms in total. The smallest absolute Gasteiger partial charge is 0.249 e. The van der Waals surface area contributed by atoms with E-state index in [1.54, 1.807) is 31.2 Å². The van der Waals surface area contributed by atoms with Gasteiger partial charge in [0.2, 0.25) is 11.8 Å². The highest BCUT2D eigenvalue weighted by atomic mass is 16.2. The van der Waals surface area contributed by atoms with Crippen LogP contribution in [-0.4, -0.2) is 11.8 Å². The van der Waals surface area contributed by atoms with Crippen molar-refractivity contribution in [3.63, 3.8) is 0 Å². The lowest BCUT2D eigenvalue weighted by Gasteiger charge is -2.08. The number of hydrogen-bond acceptors (Lipinski definition) is 2. The fraction of sp³-hybridized carbons (Fsp3) is 0.167. The molecule has 0 saturated carbocycles. The third-order valence-electron chi connectivity index (χ3n) is 2.26. The van der Waals surface area contributed by atoms with Crippen LogP contribution in [0.2, 0.25) is 0 Å². The monoisotopic (exact) mass is 218 g/mol. The molecule has 1 aromatic rings. The summed E-state index contributed by atoms with van der Waals surface area (Å²) in [6.07, 6.45) is 0.377. The number of primary amides is 2. The minimum atomic E-state index is -0.637. The van der Waals surface area contributed by atoms with E-state index in [2.05, 4.69) is 0 Å². The molecule has 0 aliphatic carbocycles. The fourth-order valence-corrected chi connectivity index (χ4v) is 1.54. The van der Waals surface area contributed by atoms with Crippen molar-refractivity contribution in [1.82, 2.24) is 0 Å². The summed E-state index contributed by atoms with van der Waals surface area (Å²) in [7, 11) is 0. The van der Waals surface area contributed by atoms with E-state index >= 15 is 0 Å². The topological polar surface area (TPSA) is 86.2 Å². The van der Waals surface area contributed by atoms with E-state index in [0.717, 1.165) is 0 Å². The summed E-state index contributed by atoms with van der Waals surface area (Å²) in [5, 5.41) is 0. The minimum absolute atomic E-state index is 0.204. The van der Waals surface area contributed by atoms with Gasteiger partial charge in [0.05, 0.1) is 5.57 Å². The molecule has 0 radical (unpaired) electrons. The Hall–Kier alpha value is -2.10. The van der Waals surface area contributed by atoms with Crippen molar-refractivity contribution in [3.05, 3.63) is 41.5 Å². The summed E-state index contributed by atoms with van der Waals surface area (Å²) in [4.78, 5) is 22.6. The Labute approximate surface area is 93.9 Å². The maximum absolute atomic E-state index is 11.4. The van der Waals surface area contributed by atoms with Gasteiger partial charge in [0, 0.05) is 5.57 Å². The Kier molecular flexibility index (Phi) is 3.83. The molecule has 4 heteroatoms. The molecule has 0 atom stereocenters. The lowest BCUT2D eigenvalue weighted by molar-refractivity contribution is -0.116. The maximum Gasteiger partial charge on any atom is 0.249 e. The molecule has 0 unspecified atom stereocenters. The van der Waals surface area contributed by atoms with Crippen molar-refractivity contribution >= 4 is 17.4 Å². The second kappa shape index (κ2) is 5.11. The van der Waals surface area contributed by atoms with Crippen molar-refractivity contribution in [2.24, 2.45) is 11.5 Å². The Morgan fingerprint density at radius 1 is 1.06 bits per heavy atom. The van der Waals surface area contributed by atoms with Crippen LogP contribution in [0.15, 0.2) is 35.9 Å². The van der Waals surface area contributed by atoms with Crippen LogP contribution < -0.4 is 11.5 Å². The third-order valence-corrected chi connectivity index (χ3v) is 2.26. The van der Waals surface area contributed by atoms with Gasteiger partial charge in [-0.3, -0.25) is 9.59 Å². The van der Waals surface area contributed by atoms with E-state index in [1.165, 1.54) is 0 Å². The molecule has 0 aliphatic rings. The number of rotatable bonds is 4. The Bertz CT molecular complexity index is 436. The quantitative estimate of drug-likeness (QED) is 0.733. The average molecular weight is 218 g/mol. The van der Waals surface area contributed by atoms with Crippen molar-refractivity contribution in [1.29, 1.82) is 0 Å². The Balaban J connectivity index is 3.40. The van der Waals surface area contributed by atoms with Crippen LogP contribution in [0.5, 0.6) is 0 Å². The highest BCUT2D eigenvalue weighted by Gasteiger charge is 2.17. The third kappa shape index (κ3) is 2.48. The number of amides is 2. The van der Waals surface area contributed by atoms with E-state index in [1.807, 2.05) is 6.07 Å². The van der Waals surface area contributed by atoms with Gasteiger partial charge in [-0.25, -0.2) is 0 Å². The van der Waals surface area contributed by atoms with Crippen LogP contribution >= 0.6 is 0 Å². The number of carbonyl (C=O) groups is 2. The first-order valence-electron chi connectivity index (χ1n) is 4.96. The number of nitrogens with two attached hydrogens (primary N) is 2. The number of benzene rings is 1. The van der Waals surface area contributed by atoms with Crippen LogP contribution in [-0.2, 0) is 9.59 Å². The number of hydrogen-bond donors (Lipinski definition) is 2. The van der Waals surface area contributed by atoms with Crippen LogP contribution in [0.3, 0.4) is 0 Å². The lowest BCUT2D eigenvalue weighted by Crippen LogP contribution is -2.21. The van der Waals surface area contributed by atoms with Gasteiger partial charge in [-0.1, -0.05) is 37.3 Å². The molecule has 1 aromatic carbocycles. The van der Waals surface area contributed by atoms with Crippen molar-refractivity contribution < 1.29 is 9.59 Å². The molecule has 0 heterocycles. The van der Waals surface area contributed by atoms with Gasteiger partial charge in [-0.05, 0) is 12.0 Å². The first-order valence-corrected chi connectivity index (χ1v) is 4.96. The van der Waals surface area contributed by atoms with Crippen molar-refractivity contribution in [2.45, 2.75) is 13.3 Å². The normalized spacial score (nSPS) is 11.8. The summed E-state index contributed by atoms with van der Waals surface area (Å²) in [6, 6.07) is 8.80. The zero-order valence-electron chi connectivity index (χ0n) is 9.07. The van der Waals surface area contributed by atoms with Gasteiger partial charge < -0.3 is 11.5 Å². The molecule has 0 aliphatic heterocycles. The Morgan fingerprint density at radius 3 is 2.00 bits per heavy atom. The molecule has 0 saturated heterocycles. The first-order chi connectivity index (χ1) is 7.57. The summed E-state index contributed by atoms with van der Waals surface area (Å²) in [5.41, 5.74) is 11.6. The van der Waals surface area contributed by atoms with Crippen LogP contribution in [0.4, 0.5) is 0 Å². The van der Waals surface area contributed by atoms with E-state index in [9.17, 15) is 9.59 Å². The lowest BCUT2D eigenvalue weighted by atomic mass is 9.97. The predicted octanol–water partition coefficient (Wildman–Crippen LogP) is 0.821. The summed E-state index contributed by atoms with van der Waals surface area (Å²) < 4.78 is 0. The van der Waals surface area contributed by atoms with Crippen molar-refractivity contribution in [3.8, 4) is 0 Å². The molecular formula is C12H14N2O2. The molecule has 0 bridgehead atoms. The zero-order chi connectivity index (χ0) is 12.1. The molecular weight excluding hydrogens is 204 g/mol. The zero-order valence-corrected chi connectivity index (χ0v) is 9.07. The van der Waals surface area contributed by atoms with Gasteiger partial charge in [-0.15, -0.1) is 0 Å². The molecule has 0 spiro atoms. The first kappa shape index (κ1) is 12.0.